The van der Waals surface area contributed by atoms with Crippen LogP contribution in [-0.2, 0) is 14.6 Å². The van der Waals surface area contributed by atoms with Gasteiger partial charge in [-0.1, -0.05) is 11.6 Å². The van der Waals surface area contributed by atoms with Gasteiger partial charge in [0.15, 0.2) is 9.84 Å². The summed E-state index contributed by atoms with van der Waals surface area (Å²) in [7, 11) is -3.54. The Labute approximate surface area is 118 Å². The summed E-state index contributed by atoms with van der Waals surface area (Å²) in [6, 6.07) is 3.17. The van der Waals surface area contributed by atoms with E-state index in [9.17, 15) is 8.42 Å². The summed E-state index contributed by atoms with van der Waals surface area (Å²) < 4.78 is 30.2. The SMILES string of the molecule is Cc1c(N)ccc(Cl)c1S(=O)(=O)C1(C)CCOCC1. The van der Waals surface area contributed by atoms with Crippen molar-refractivity contribution in [2.45, 2.75) is 36.3 Å². The lowest BCUT2D eigenvalue weighted by Crippen LogP contribution is -2.41. The van der Waals surface area contributed by atoms with Crippen molar-refractivity contribution in [3.63, 3.8) is 0 Å². The van der Waals surface area contributed by atoms with Gasteiger partial charge in [0.05, 0.1) is 14.7 Å². The highest BCUT2D eigenvalue weighted by atomic mass is 35.5. The van der Waals surface area contributed by atoms with E-state index in [0.717, 1.165) is 0 Å². The van der Waals surface area contributed by atoms with Crippen LogP contribution in [0.4, 0.5) is 5.69 Å². The highest BCUT2D eigenvalue weighted by Crippen LogP contribution is 2.39. The zero-order chi connectivity index (χ0) is 14.3. The summed E-state index contributed by atoms with van der Waals surface area (Å²) >= 11 is 6.10. The van der Waals surface area contributed by atoms with Crippen LogP contribution in [0.2, 0.25) is 5.02 Å². The Morgan fingerprint density at radius 3 is 2.47 bits per heavy atom. The quantitative estimate of drug-likeness (QED) is 0.853. The van der Waals surface area contributed by atoms with Crippen LogP contribution in [-0.4, -0.2) is 26.4 Å². The average Bonchev–Trinajstić information content (AvgIpc) is 2.35. The second-order valence-corrected chi connectivity index (χ2v) is 7.96. The molecule has 0 saturated carbocycles. The summed E-state index contributed by atoms with van der Waals surface area (Å²) in [4.78, 5) is 0.165. The van der Waals surface area contributed by atoms with Gasteiger partial charge >= 0.3 is 0 Å². The van der Waals surface area contributed by atoms with E-state index in [-0.39, 0.29) is 9.92 Å². The Morgan fingerprint density at radius 2 is 1.89 bits per heavy atom. The molecule has 0 radical (unpaired) electrons. The fourth-order valence-corrected chi connectivity index (χ4v) is 4.87. The van der Waals surface area contributed by atoms with Crippen molar-refractivity contribution in [3.8, 4) is 0 Å². The van der Waals surface area contributed by atoms with Gasteiger partial charge in [-0.15, -0.1) is 0 Å². The first-order valence-corrected chi connectivity index (χ1v) is 8.03. The molecule has 0 unspecified atom stereocenters. The fraction of sp³-hybridized carbons (Fsp3) is 0.538. The topological polar surface area (TPSA) is 69.4 Å². The van der Waals surface area contributed by atoms with Crippen LogP contribution in [0.15, 0.2) is 17.0 Å². The van der Waals surface area contributed by atoms with Crippen molar-refractivity contribution >= 4 is 27.1 Å². The number of halogens is 1. The summed E-state index contributed by atoms with van der Waals surface area (Å²) in [5.41, 5.74) is 6.78. The number of rotatable bonds is 2. The maximum Gasteiger partial charge on any atom is 0.185 e. The monoisotopic (exact) mass is 303 g/mol. The molecule has 0 aliphatic carbocycles. The molecule has 0 aromatic heterocycles. The molecule has 6 heteroatoms. The number of benzene rings is 1. The highest BCUT2D eigenvalue weighted by Gasteiger charge is 2.43. The molecular formula is C13H18ClNO3S. The molecule has 1 aromatic carbocycles. The first kappa shape index (κ1) is 14.6. The minimum absolute atomic E-state index is 0.165. The Balaban J connectivity index is 2.60. The fourth-order valence-electron chi connectivity index (χ4n) is 2.32. The van der Waals surface area contributed by atoms with Crippen LogP contribution in [0.25, 0.3) is 0 Å². The maximum atomic E-state index is 12.9. The molecule has 0 atom stereocenters. The first-order valence-electron chi connectivity index (χ1n) is 6.16. The third-order valence-electron chi connectivity index (χ3n) is 3.87. The van der Waals surface area contributed by atoms with Gasteiger partial charge in [-0.3, -0.25) is 0 Å². The van der Waals surface area contributed by atoms with Crippen LogP contribution >= 0.6 is 11.6 Å². The number of hydrogen-bond acceptors (Lipinski definition) is 4. The van der Waals surface area contributed by atoms with Gasteiger partial charge in [0.2, 0.25) is 0 Å². The van der Waals surface area contributed by atoms with E-state index in [1.807, 2.05) is 0 Å². The third-order valence-corrected chi connectivity index (χ3v) is 7.06. The van der Waals surface area contributed by atoms with Gasteiger partial charge in [0, 0.05) is 18.9 Å². The van der Waals surface area contributed by atoms with Gasteiger partial charge < -0.3 is 10.5 Å². The third kappa shape index (κ3) is 2.35. The molecule has 0 bridgehead atoms. The molecule has 106 valence electrons. The predicted octanol–water partition coefficient (Wildman–Crippen LogP) is 2.57. The highest BCUT2D eigenvalue weighted by molar-refractivity contribution is 7.93. The lowest BCUT2D eigenvalue weighted by molar-refractivity contribution is 0.0789. The molecule has 1 fully saturated rings. The molecule has 0 spiro atoms. The molecule has 19 heavy (non-hydrogen) atoms. The molecule has 2 N–H and O–H groups in total. The van der Waals surface area contributed by atoms with Crippen molar-refractivity contribution < 1.29 is 13.2 Å². The van der Waals surface area contributed by atoms with Gasteiger partial charge in [0.25, 0.3) is 0 Å². The van der Waals surface area contributed by atoms with Crippen LogP contribution in [0, 0.1) is 6.92 Å². The predicted molar refractivity (Wildman–Crippen MR) is 76.2 cm³/mol. The van der Waals surface area contributed by atoms with Crippen molar-refractivity contribution in [2.24, 2.45) is 0 Å². The smallest absolute Gasteiger partial charge is 0.185 e. The van der Waals surface area contributed by atoms with E-state index < -0.39 is 14.6 Å². The van der Waals surface area contributed by atoms with E-state index in [1.54, 1.807) is 26.0 Å². The standard InChI is InChI=1S/C13H18ClNO3S/c1-9-11(15)4-3-10(14)12(9)19(16,17)13(2)5-7-18-8-6-13/h3-4H,5-8,15H2,1-2H3. The van der Waals surface area contributed by atoms with Crippen molar-refractivity contribution in [3.05, 3.63) is 22.7 Å². The molecule has 1 aliphatic heterocycles. The van der Waals surface area contributed by atoms with E-state index in [2.05, 4.69) is 0 Å². The average molecular weight is 304 g/mol. The number of anilines is 1. The van der Waals surface area contributed by atoms with Crippen molar-refractivity contribution in [1.29, 1.82) is 0 Å². The minimum atomic E-state index is -3.54. The normalized spacial score (nSPS) is 19.3. The summed E-state index contributed by atoms with van der Waals surface area (Å²) in [5, 5.41) is 0.236. The van der Waals surface area contributed by atoms with Crippen LogP contribution in [0.5, 0.6) is 0 Å². The lowest BCUT2D eigenvalue weighted by atomic mass is 10.0. The van der Waals surface area contributed by atoms with Gasteiger partial charge in [-0.05, 0) is 44.4 Å². The Hall–Kier alpha value is -0.780. The van der Waals surface area contributed by atoms with Crippen LogP contribution < -0.4 is 5.73 Å². The van der Waals surface area contributed by atoms with Gasteiger partial charge in [0.1, 0.15) is 0 Å². The van der Waals surface area contributed by atoms with Crippen molar-refractivity contribution in [1.82, 2.24) is 0 Å². The minimum Gasteiger partial charge on any atom is -0.398 e. The first-order chi connectivity index (χ1) is 8.79. The summed E-state index contributed by atoms with van der Waals surface area (Å²) in [5.74, 6) is 0. The lowest BCUT2D eigenvalue weighted by Gasteiger charge is -2.33. The van der Waals surface area contributed by atoms with E-state index >= 15 is 0 Å². The molecule has 1 aliphatic rings. The summed E-state index contributed by atoms with van der Waals surface area (Å²) in [6.45, 7) is 4.35. The second kappa shape index (κ2) is 4.96. The number of hydrogen-bond donors (Lipinski definition) is 1. The van der Waals surface area contributed by atoms with Crippen molar-refractivity contribution in [2.75, 3.05) is 18.9 Å². The Morgan fingerprint density at radius 1 is 1.32 bits per heavy atom. The summed E-state index contributed by atoms with van der Waals surface area (Å²) in [6.07, 6.45) is 0.944. The second-order valence-electron chi connectivity index (χ2n) is 5.16. The van der Waals surface area contributed by atoms with E-state index in [0.29, 0.717) is 37.3 Å². The zero-order valence-electron chi connectivity index (χ0n) is 11.1. The Kier molecular flexibility index (Phi) is 3.82. The zero-order valence-corrected chi connectivity index (χ0v) is 12.6. The van der Waals surface area contributed by atoms with E-state index in [1.165, 1.54) is 0 Å². The number of ether oxygens (including phenoxy) is 1. The number of nitrogen functional groups attached to an aromatic ring is 1. The van der Waals surface area contributed by atoms with Crippen LogP contribution in [0.3, 0.4) is 0 Å². The van der Waals surface area contributed by atoms with Gasteiger partial charge in [-0.2, -0.15) is 0 Å². The molecular weight excluding hydrogens is 286 g/mol. The van der Waals surface area contributed by atoms with E-state index in [4.69, 9.17) is 22.1 Å². The molecule has 2 rings (SSSR count). The van der Waals surface area contributed by atoms with Gasteiger partial charge in [-0.25, -0.2) is 8.42 Å². The van der Waals surface area contributed by atoms with Crippen LogP contribution in [0.1, 0.15) is 25.3 Å². The number of nitrogens with two attached hydrogens (primary N) is 1. The Bertz CT molecular complexity index is 592. The maximum absolute atomic E-state index is 12.9. The molecule has 4 nitrogen and oxygen atoms in total. The molecule has 1 aromatic rings. The molecule has 1 heterocycles. The number of sulfone groups is 1. The molecule has 0 amide bonds. The largest absolute Gasteiger partial charge is 0.398 e. The molecule has 1 saturated heterocycles.